The highest BCUT2D eigenvalue weighted by molar-refractivity contribution is 5.94. The first kappa shape index (κ1) is 15.7. The van der Waals surface area contributed by atoms with Gasteiger partial charge >= 0.3 is 6.61 Å². The highest BCUT2D eigenvalue weighted by atomic mass is 19.3. The number of nitrogens with two attached hydrogens (primary N) is 1. The molecule has 0 aromatic heterocycles. The number of amides is 1. The molecule has 0 radical (unpaired) electrons. The Kier molecular flexibility index (Phi) is 5.50. The normalized spacial score (nSPS) is 22.1. The SMILES string of the molecule is NC1CCCCC1CNC(=O)c1ccc(OC(F)F)cc1. The zero-order valence-corrected chi connectivity index (χ0v) is 11.7. The van der Waals surface area contributed by atoms with Gasteiger partial charge in [0.1, 0.15) is 5.75 Å². The Morgan fingerprint density at radius 1 is 1.29 bits per heavy atom. The lowest BCUT2D eigenvalue weighted by molar-refractivity contribution is -0.0498. The average Bonchev–Trinajstić information content (AvgIpc) is 2.46. The summed E-state index contributed by atoms with van der Waals surface area (Å²) in [5, 5.41) is 2.85. The predicted molar refractivity (Wildman–Crippen MR) is 75.3 cm³/mol. The van der Waals surface area contributed by atoms with Crippen LogP contribution >= 0.6 is 0 Å². The number of nitrogens with one attached hydrogen (secondary N) is 1. The van der Waals surface area contributed by atoms with E-state index in [1.807, 2.05) is 0 Å². The minimum Gasteiger partial charge on any atom is -0.435 e. The van der Waals surface area contributed by atoms with E-state index in [9.17, 15) is 13.6 Å². The number of alkyl halides is 2. The van der Waals surface area contributed by atoms with E-state index in [2.05, 4.69) is 10.1 Å². The minimum absolute atomic E-state index is 0.0378. The van der Waals surface area contributed by atoms with Crippen molar-refractivity contribution in [3.05, 3.63) is 29.8 Å². The molecule has 6 heteroatoms. The summed E-state index contributed by atoms with van der Waals surface area (Å²) >= 11 is 0. The van der Waals surface area contributed by atoms with E-state index < -0.39 is 6.61 Å². The maximum absolute atomic E-state index is 12.0. The molecule has 116 valence electrons. The van der Waals surface area contributed by atoms with Gasteiger partial charge in [0, 0.05) is 18.2 Å². The maximum atomic E-state index is 12.0. The molecule has 2 unspecified atom stereocenters. The summed E-state index contributed by atoms with van der Waals surface area (Å²) in [6.45, 7) is -2.31. The average molecular weight is 298 g/mol. The van der Waals surface area contributed by atoms with E-state index in [4.69, 9.17) is 5.73 Å². The Balaban J connectivity index is 1.85. The smallest absolute Gasteiger partial charge is 0.387 e. The van der Waals surface area contributed by atoms with Crippen LogP contribution in [0.1, 0.15) is 36.0 Å². The number of carbonyl (C=O) groups is 1. The van der Waals surface area contributed by atoms with Crippen molar-refractivity contribution < 1.29 is 18.3 Å². The Bertz CT molecular complexity index is 465. The molecule has 0 aliphatic heterocycles. The molecule has 0 bridgehead atoms. The van der Waals surface area contributed by atoms with Gasteiger partial charge in [0.15, 0.2) is 0 Å². The lowest BCUT2D eigenvalue weighted by Crippen LogP contribution is -2.41. The number of halogens is 2. The first-order valence-corrected chi connectivity index (χ1v) is 7.15. The second-order valence-corrected chi connectivity index (χ2v) is 5.32. The summed E-state index contributed by atoms with van der Waals surface area (Å²) in [6.07, 6.45) is 4.33. The molecule has 3 N–H and O–H groups in total. The summed E-state index contributed by atoms with van der Waals surface area (Å²) in [6, 6.07) is 5.78. The molecule has 4 nitrogen and oxygen atoms in total. The van der Waals surface area contributed by atoms with Crippen LogP contribution < -0.4 is 15.8 Å². The summed E-state index contributed by atoms with van der Waals surface area (Å²) in [4.78, 5) is 12.0. The second kappa shape index (κ2) is 7.36. The van der Waals surface area contributed by atoms with E-state index in [0.29, 0.717) is 18.0 Å². The van der Waals surface area contributed by atoms with E-state index in [1.165, 1.54) is 24.3 Å². The van der Waals surface area contributed by atoms with Crippen molar-refractivity contribution in [3.63, 3.8) is 0 Å². The number of benzene rings is 1. The molecule has 1 aliphatic carbocycles. The summed E-state index contributed by atoms with van der Waals surface area (Å²) in [7, 11) is 0. The molecular weight excluding hydrogens is 278 g/mol. The van der Waals surface area contributed by atoms with Crippen molar-refractivity contribution in [2.24, 2.45) is 11.7 Å². The first-order valence-electron chi connectivity index (χ1n) is 7.15. The van der Waals surface area contributed by atoms with E-state index in [1.54, 1.807) is 0 Å². The molecule has 2 atom stereocenters. The minimum atomic E-state index is -2.86. The van der Waals surface area contributed by atoms with Crippen molar-refractivity contribution in [2.45, 2.75) is 38.3 Å². The van der Waals surface area contributed by atoms with Crippen LogP contribution in [0.3, 0.4) is 0 Å². The van der Waals surface area contributed by atoms with Crippen molar-refractivity contribution in [3.8, 4) is 5.75 Å². The molecule has 0 spiro atoms. The molecular formula is C15H20F2N2O2. The molecule has 0 saturated heterocycles. The first-order chi connectivity index (χ1) is 10.1. The van der Waals surface area contributed by atoms with Gasteiger partial charge in [-0.15, -0.1) is 0 Å². The number of rotatable bonds is 5. The second-order valence-electron chi connectivity index (χ2n) is 5.32. The van der Waals surface area contributed by atoms with Gasteiger partial charge in [0.05, 0.1) is 0 Å². The van der Waals surface area contributed by atoms with Crippen LogP contribution in [0, 0.1) is 5.92 Å². The van der Waals surface area contributed by atoms with Crippen molar-refractivity contribution >= 4 is 5.91 Å². The van der Waals surface area contributed by atoms with Gasteiger partial charge in [0.25, 0.3) is 5.91 Å². The summed E-state index contributed by atoms with van der Waals surface area (Å²) < 4.78 is 28.3. The molecule has 1 aromatic carbocycles. The molecule has 1 saturated carbocycles. The van der Waals surface area contributed by atoms with Gasteiger partial charge in [-0.05, 0) is 43.0 Å². The zero-order chi connectivity index (χ0) is 15.2. The van der Waals surface area contributed by atoms with Gasteiger partial charge < -0.3 is 15.8 Å². The molecule has 1 amide bonds. The van der Waals surface area contributed by atoms with Crippen molar-refractivity contribution in [1.29, 1.82) is 0 Å². The van der Waals surface area contributed by atoms with Crippen LogP contribution in [-0.2, 0) is 0 Å². The largest absolute Gasteiger partial charge is 0.435 e. The Labute approximate surface area is 122 Å². The van der Waals surface area contributed by atoms with E-state index >= 15 is 0 Å². The lowest BCUT2D eigenvalue weighted by atomic mass is 9.85. The predicted octanol–water partition coefficient (Wildman–Crippen LogP) is 2.54. The third kappa shape index (κ3) is 4.67. The zero-order valence-electron chi connectivity index (χ0n) is 11.7. The number of hydrogen-bond acceptors (Lipinski definition) is 3. The van der Waals surface area contributed by atoms with Gasteiger partial charge in [-0.1, -0.05) is 12.8 Å². The molecule has 2 rings (SSSR count). The van der Waals surface area contributed by atoms with Crippen LogP contribution in [0.25, 0.3) is 0 Å². The number of carbonyl (C=O) groups excluding carboxylic acids is 1. The summed E-state index contributed by atoms with van der Waals surface area (Å²) in [5.74, 6) is 0.122. The molecule has 21 heavy (non-hydrogen) atoms. The standard InChI is InChI=1S/C15H20F2N2O2/c16-15(17)21-12-7-5-10(6-8-12)14(20)19-9-11-3-1-2-4-13(11)18/h5-8,11,13,15H,1-4,9,18H2,(H,19,20). The molecule has 1 fully saturated rings. The van der Waals surface area contributed by atoms with Crippen LogP contribution in [0.15, 0.2) is 24.3 Å². The fourth-order valence-electron chi connectivity index (χ4n) is 2.60. The van der Waals surface area contributed by atoms with Crippen LogP contribution in [0.5, 0.6) is 5.75 Å². The fraction of sp³-hybridized carbons (Fsp3) is 0.533. The monoisotopic (exact) mass is 298 g/mol. The highest BCUT2D eigenvalue weighted by Gasteiger charge is 2.22. The number of ether oxygens (including phenoxy) is 1. The quantitative estimate of drug-likeness (QED) is 0.878. The third-order valence-electron chi connectivity index (χ3n) is 3.83. The Morgan fingerprint density at radius 3 is 2.57 bits per heavy atom. The maximum Gasteiger partial charge on any atom is 0.387 e. The van der Waals surface area contributed by atoms with Crippen molar-refractivity contribution in [2.75, 3.05) is 6.54 Å². The van der Waals surface area contributed by atoms with Gasteiger partial charge in [0.2, 0.25) is 0 Å². The molecule has 0 heterocycles. The highest BCUT2D eigenvalue weighted by Crippen LogP contribution is 2.22. The van der Waals surface area contributed by atoms with Crippen LogP contribution in [-0.4, -0.2) is 25.1 Å². The van der Waals surface area contributed by atoms with E-state index in [0.717, 1.165) is 25.7 Å². The van der Waals surface area contributed by atoms with Gasteiger partial charge in [-0.3, -0.25) is 4.79 Å². The topological polar surface area (TPSA) is 64.3 Å². The lowest BCUT2D eigenvalue weighted by Gasteiger charge is -2.28. The fourth-order valence-corrected chi connectivity index (χ4v) is 2.60. The van der Waals surface area contributed by atoms with Crippen molar-refractivity contribution in [1.82, 2.24) is 5.32 Å². The van der Waals surface area contributed by atoms with E-state index in [-0.39, 0.29) is 17.7 Å². The third-order valence-corrected chi connectivity index (χ3v) is 3.83. The van der Waals surface area contributed by atoms with Crippen LogP contribution in [0.4, 0.5) is 8.78 Å². The molecule has 1 aromatic rings. The van der Waals surface area contributed by atoms with Crippen LogP contribution in [0.2, 0.25) is 0 Å². The summed E-state index contributed by atoms with van der Waals surface area (Å²) in [5.41, 5.74) is 6.45. The van der Waals surface area contributed by atoms with Gasteiger partial charge in [-0.2, -0.15) is 8.78 Å². The number of hydrogen-bond donors (Lipinski definition) is 2. The van der Waals surface area contributed by atoms with Gasteiger partial charge in [-0.25, -0.2) is 0 Å². The Hall–Kier alpha value is -1.69. The Morgan fingerprint density at radius 2 is 1.95 bits per heavy atom. The molecule has 1 aliphatic rings.